The van der Waals surface area contributed by atoms with Gasteiger partial charge in [0.05, 0.1) is 4.92 Å². The van der Waals surface area contributed by atoms with Crippen molar-refractivity contribution in [3.05, 3.63) is 33.9 Å². The SMILES string of the molecule is CNC1CCCN(CCC(=O)Nc2ccc([N+](=O)[O-])cc2C)C1.Cl. The number of anilines is 1. The van der Waals surface area contributed by atoms with Gasteiger partial charge in [-0.3, -0.25) is 14.9 Å². The number of nitrogens with one attached hydrogen (secondary N) is 2. The molecular weight excluding hydrogens is 332 g/mol. The van der Waals surface area contributed by atoms with Crippen LogP contribution in [0, 0.1) is 17.0 Å². The predicted molar refractivity (Wildman–Crippen MR) is 96.8 cm³/mol. The molecule has 7 nitrogen and oxygen atoms in total. The van der Waals surface area contributed by atoms with Crippen LogP contribution in [0.25, 0.3) is 0 Å². The fourth-order valence-corrected chi connectivity index (χ4v) is 2.87. The van der Waals surface area contributed by atoms with Gasteiger partial charge in [-0.1, -0.05) is 0 Å². The minimum atomic E-state index is -0.437. The molecular formula is C16H25ClN4O3. The van der Waals surface area contributed by atoms with Gasteiger partial charge in [-0.2, -0.15) is 0 Å². The molecule has 1 unspecified atom stereocenters. The van der Waals surface area contributed by atoms with E-state index in [1.165, 1.54) is 18.6 Å². The van der Waals surface area contributed by atoms with Gasteiger partial charge in [0, 0.05) is 43.4 Å². The van der Waals surface area contributed by atoms with Crippen LogP contribution in [0.4, 0.5) is 11.4 Å². The smallest absolute Gasteiger partial charge is 0.269 e. The first-order valence-corrected chi connectivity index (χ1v) is 7.94. The zero-order chi connectivity index (χ0) is 16.8. The fraction of sp³-hybridized carbons (Fsp3) is 0.562. The van der Waals surface area contributed by atoms with Gasteiger partial charge in [0.2, 0.25) is 5.91 Å². The van der Waals surface area contributed by atoms with Crippen molar-refractivity contribution in [1.29, 1.82) is 0 Å². The highest BCUT2D eigenvalue weighted by Gasteiger charge is 2.19. The molecule has 1 fully saturated rings. The summed E-state index contributed by atoms with van der Waals surface area (Å²) in [5, 5.41) is 16.8. The molecule has 1 aromatic rings. The maximum Gasteiger partial charge on any atom is 0.269 e. The standard InChI is InChI=1S/C16H24N4O3.ClH/c1-12-10-14(20(22)23)5-6-15(12)18-16(21)7-9-19-8-3-4-13(11-19)17-2;/h5-6,10,13,17H,3-4,7-9,11H2,1-2H3,(H,18,21);1H. The van der Waals surface area contributed by atoms with E-state index < -0.39 is 4.92 Å². The summed E-state index contributed by atoms with van der Waals surface area (Å²) >= 11 is 0. The van der Waals surface area contributed by atoms with Crippen molar-refractivity contribution in [3.63, 3.8) is 0 Å². The third-order valence-electron chi connectivity index (χ3n) is 4.26. The summed E-state index contributed by atoms with van der Waals surface area (Å²) in [7, 11) is 1.97. The van der Waals surface area contributed by atoms with E-state index in [0.29, 0.717) is 23.7 Å². The van der Waals surface area contributed by atoms with Gasteiger partial charge in [-0.25, -0.2) is 0 Å². The Bertz CT molecular complexity index is 582. The van der Waals surface area contributed by atoms with Crippen LogP contribution < -0.4 is 10.6 Å². The van der Waals surface area contributed by atoms with Crippen LogP contribution in [0.1, 0.15) is 24.8 Å². The van der Waals surface area contributed by atoms with Crippen LogP contribution in [0.3, 0.4) is 0 Å². The molecule has 0 spiro atoms. The van der Waals surface area contributed by atoms with Crippen molar-refractivity contribution in [2.75, 3.05) is 32.0 Å². The topological polar surface area (TPSA) is 87.5 Å². The van der Waals surface area contributed by atoms with E-state index in [9.17, 15) is 14.9 Å². The summed E-state index contributed by atoms with van der Waals surface area (Å²) in [6, 6.07) is 4.97. The molecule has 0 radical (unpaired) electrons. The number of carbonyl (C=O) groups is 1. The second-order valence-electron chi connectivity index (χ2n) is 5.98. The third kappa shape index (κ3) is 5.74. The van der Waals surface area contributed by atoms with Crippen LogP contribution >= 0.6 is 12.4 Å². The number of non-ortho nitro benzene ring substituents is 1. The molecule has 0 aromatic heterocycles. The fourth-order valence-electron chi connectivity index (χ4n) is 2.87. The third-order valence-corrected chi connectivity index (χ3v) is 4.26. The number of hydrogen-bond acceptors (Lipinski definition) is 5. The van der Waals surface area contributed by atoms with E-state index in [2.05, 4.69) is 15.5 Å². The lowest BCUT2D eigenvalue weighted by atomic mass is 10.1. The summed E-state index contributed by atoms with van der Waals surface area (Å²) < 4.78 is 0. The van der Waals surface area contributed by atoms with Gasteiger partial charge in [0.25, 0.3) is 5.69 Å². The number of likely N-dealkylation sites (N-methyl/N-ethyl adjacent to an activating group) is 1. The first-order chi connectivity index (χ1) is 11.0. The minimum Gasteiger partial charge on any atom is -0.326 e. The van der Waals surface area contributed by atoms with E-state index in [4.69, 9.17) is 0 Å². The molecule has 1 atom stereocenters. The Morgan fingerprint density at radius 1 is 1.46 bits per heavy atom. The number of halogens is 1. The van der Waals surface area contributed by atoms with Crippen molar-refractivity contribution < 1.29 is 9.72 Å². The molecule has 0 bridgehead atoms. The number of piperidine rings is 1. The predicted octanol–water partition coefficient (Wildman–Crippen LogP) is 2.34. The van der Waals surface area contributed by atoms with E-state index >= 15 is 0 Å². The lowest BCUT2D eigenvalue weighted by molar-refractivity contribution is -0.384. The maximum atomic E-state index is 12.1. The number of aryl methyl sites for hydroxylation is 1. The summed E-state index contributed by atoms with van der Waals surface area (Å²) in [6.45, 7) is 4.49. The second-order valence-corrected chi connectivity index (χ2v) is 5.98. The van der Waals surface area contributed by atoms with Crippen molar-refractivity contribution in [2.45, 2.75) is 32.2 Å². The van der Waals surface area contributed by atoms with Crippen LogP contribution in [0.15, 0.2) is 18.2 Å². The van der Waals surface area contributed by atoms with E-state index in [-0.39, 0.29) is 24.0 Å². The molecule has 2 N–H and O–H groups in total. The normalized spacial score (nSPS) is 17.8. The van der Waals surface area contributed by atoms with Crippen LogP contribution in [0.5, 0.6) is 0 Å². The monoisotopic (exact) mass is 356 g/mol. The Balaban J connectivity index is 0.00000288. The minimum absolute atomic E-state index is 0. The number of rotatable bonds is 6. The summed E-state index contributed by atoms with van der Waals surface area (Å²) in [5.74, 6) is -0.0615. The van der Waals surface area contributed by atoms with Gasteiger partial charge in [0.15, 0.2) is 0 Å². The molecule has 0 aliphatic carbocycles. The second kappa shape index (κ2) is 9.56. The first kappa shape index (κ1) is 20.3. The highest BCUT2D eigenvalue weighted by atomic mass is 35.5. The largest absolute Gasteiger partial charge is 0.326 e. The van der Waals surface area contributed by atoms with Gasteiger partial charge in [-0.05, 0) is 45.0 Å². The van der Waals surface area contributed by atoms with Gasteiger partial charge in [-0.15, -0.1) is 12.4 Å². The molecule has 1 aliphatic heterocycles. The molecule has 1 amide bonds. The number of nitro benzene ring substituents is 1. The van der Waals surface area contributed by atoms with Crippen LogP contribution in [0.2, 0.25) is 0 Å². The zero-order valence-corrected chi connectivity index (χ0v) is 14.9. The number of nitrogens with zero attached hydrogens (tertiary/aromatic N) is 2. The van der Waals surface area contributed by atoms with Gasteiger partial charge < -0.3 is 15.5 Å². The average molecular weight is 357 g/mol. The van der Waals surface area contributed by atoms with Crippen molar-refractivity contribution in [2.24, 2.45) is 0 Å². The molecule has 24 heavy (non-hydrogen) atoms. The lowest BCUT2D eigenvalue weighted by Crippen LogP contribution is -2.45. The molecule has 1 aliphatic rings. The number of amides is 1. The number of nitro groups is 1. The number of benzene rings is 1. The van der Waals surface area contributed by atoms with E-state index in [1.807, 2.05) is 7.05 Å². The number of hydrogen-bond donors (Lipinski definition) is 2. The summed E-state index contributed by atoms with van der Waals surface area (Å²) in [6.07, 6.45) is 2.75. The number of likely N-dealkylation sites (tertiary alicyclic amines) is 1. The molecule has 2 rings (SSSR count). The Morgan fingerprint density at radius 3 is 2.83 bits per heavy atom. The molecule has 1 saturated heterocycles. The Kier molecular flexibility index (Phi) is 8.10. The average Bonchev–Trinajstić information content (AvgIpc) is 2.55. The number of carbonyl (C=O) groups excluding carboxylic acids is 1. The van der Waals surface area contributed by atoms with Gasteiger partial charge in [0.1, 0.15) is 0 Å². The van der Waals surface area contributed by atoms with Gasteiger partial charge >= 0.3 is 0 Å². The summed E-state index contributed by atoms with van der Waals surface area (Å²) in [4.78, 5) is 24.7. The Labute approximate surface area is 148 Å². The highest BCUT2D eigenvalue weighted by molar-refractivity contribution is 5.91. The molecule has 0 saturated carbocycles. The Hall–Kier alpha value is -1.70. The van der Waals surface area contributed by atoms with Crippen molar-refractivity contribution in [1.82, 2.24) is 10.2 Å². The molecule has 1 aromatic carbocycles. The first-order valence-electron chi connectivity index (χ1n) is 7.94. The van der Waals surface area contributed by atoms with Crippen molar-refractivity contribution in [3.8, 4) is 0 Å². The highest BCUT2D eigenvalue weighted by Crippen LogP contribution is 2.21. The quantitative estimate of drug-likeness (QED) is 0.603. The van der Waals surface area contributed by atoms with E-state index in [1.54, 1.807) is 13.0 Å². The molecule has 1 heterocycles. The van der Waals surface area contributed by atoms with E-state index in [0.717, 1.165) is 26.1 Å². The summed E-state index contributed by atoms with van der Waals surface area (Å²) in [5.41, 5.74) is 1.36. The zero-order valence-electron chi connectivity index (χ0n) is 14.1. The Morgan fingerprint density at radius 2 is 2.21 bits per heavy atom. The lowest BCUT2D eigenvalue weighted by Gasteiger charge is -2.32. The maximum absolute atomic E-state index is 12.1. The van der Waals surface area contributed by atoms with Crippen molar-refractivity contribution >= 4 is 29.7 Å². The molecule has 134 valence electrons. The van der Waals surface area contributed by atoms with Crippen LogP contribution in [-0.2, 0) is 4.79 Å². The van der Waals surface area contributed by atoms with Crippen LogP contribution in [-0.4, -0.2) is 48.5 Å². The molecule has 8 heteroatoms.